The van der Waals surface area contributed by atoms with Crippen molar-refractivity contribution in [2.45, 2.75) is 30.7 Å². The number of nitrogens with one attached hydrogen (secondary N) is 2. The monoisotopic (exact) mass is 424 g/mol. The molecular weight excluding hydrogens is 409 g/mol. The van der Waals surface area contributed by atoms with E-state index in [1.54, 1.807) is 4.72 Å². The molecule has 0 aliphatic rings. The highest BCUT2D eigenvalue weighted by Crippen LogP contribution is 2.24. The molecule has 2 rings (SSSR count). The summed E-state index contributed by atoms with van der Waals surface area (Å²) in [6, 6.07) is 0.928. The second-order valence-electron chi connectivity index (χ2n) is 5.89. The van der Waals surface area contributed by atoms with Crippen LogP contribution < -0.4 is 10.0 Å². The van der Waals surface area contributed by atoms with E-state index >= 15 is 0 Å². The van der Waals surface area contributed by atoms with E-state index in [0.29, 0.717) is 6.92 Å². The van der Waals surface area contributed by atoms with Crippen LogP contribution in [0.4, 0.5) is 18.9 Å². The van der Waals surface area contributed by atoms with Crippen molar-refractivity contribution in [3.8, 4) is 0 Å². The van der Waals surface area contributed by atoms with Crippen molar-refractivity contribution < 1.29 is 26.4 Å². The first-order chi connectivity index (χ1) is 12.3. The molecule has 0 fully saturated rings. The predicted octanol–water partition coefficient (Wildman–Crippen LogP) is 2.79. The summed E-state index contributed by atoms with van der Waals surface area (Å²) in [4.78, 5) is 15.1. The second kappa shape index (κ2) is 7.49. The fraction of sp³-hybridized carbons (Fsp3) is 0.333. The topological polar surface area (TPSA) is 93.1 Å². The minimum atomic E-state index is -4.63. The van der Waals surface area contributed by atoms with Crippen molar-refractivity contribution in [2.24, 2.45) is 7.05 Å². The third-order valence-electron chi connectivity index (χ3n) is 3.67. The Morgan fingerprint density at radius 1 is 1.41 bits per heavy atom. The zero-order valence-electron chi connectivity index (χ0n) is 14.4. The van der Waals surface area contributed by atoms with Crippen molar-refractivity contribution in [1.82, 2.24) is 14.3 Å². The van der Waals surface area contributed by atoms with Gasteiger partial charge >= 0.3 is 0 Å². The van der Waals surface area contributed by atoms with Gasteiger partial charge in [-0.25, -0.2) is 31.3 Å². The van der Waals surface area contributed by atoms with Crippen LogP contribution in [0, 0.1) is 5.82 Å². The Balaban J connectivity index is 2.34. The first kappa shape index (κ1) is 21.2. The number of nitrogens with zero attached hydrogens (tertiary/aromatic N) is 2. The molecule has 12 heteroatoms. The van der Waals surface area contributed by atoms with Gasteiger partial charge in [-0.1, -0.05) is 11.6 Å². The zero-order valence-corrected chi connectivity index (χ0v) is 16.0. The number of pyridine rings is 1. The molecule has 7 nitrogen and oxygen atoms in total. The predicted molar refractivity (Wildman–Crippen MR) is 93.0 cm³/mol. The van der Waals surface area contributed by atoms with Gasteiger partial charge in [0.1, 0.15) is 15.7 Å². The lowest BCUT2D eigenvalue weighted by atomic mass is 10.2. The van der Waals surface area contributed by atoms with Crippen LogP contribution in [0.2, 0.25) is 5.15 Å². The number of rotatable bonds is 6. The highest BCUT2D eigenvalue weighted by atomic mass is 35.5. The van der Waals surface area contributed by atoms with E-state index in [1.807, 2.05) is 0 Å². The molecule has 2 aromatic heterocycles. The van der Waals surface area contributed by atoms with Gasteiger partial charge in [0.2, 0.25) is 10.0 Å². The number of halogens is 4. The molecule has 0 spiro atoms. The Labute approximate surface area is 158 Å². The van der Waals surface area contributed by atoms with Crippen LogP contribution in [-0.4, -0.2) is 35.8 Å². The van der Waals surface area contributed by atoms with E-state index in [2.05, 4.69) is 10.3 Å². The molecule has 2 heterocycles. The SMILES string of the molecule is C[C@@H](NS(=O)(=O)c1cn(C)c(C(=O)Nc2ccnc(Cl)c2)c1F)C(C)(F)F. The summed E-state index contributed by atoms with van der Waals surface area (Å²) in [6.07, 6.45) is 2.14. The van der Waals surface area contributed by atoms with Crippen LogP contribution >= 0.6 is 11.6 Å². The van der Waals surface area contributed by atoms with Crippen molar-refractivity contribution in [3.63, 3.8) is 0 Å². The lowest BCUT2D eigenvalue weighted by molar-refractivity contribution is -0.00490. The average molecular weight is 425 g/mol. The Morgan fingerprint density at radius 3 is 2.59 bits per heavy atom. The number of alkyl halides is 2. The fourth-order valence-corrected chi connectivity index (χ4v) is 3.69. The Hall–Kier alpha value is -2.11. The molecule has 148 valence electrons. The number of sulfonamides is 1. The van der Waals surface area contributed by atoms with Gasteiger partial charge in [0.25, 0.3) is 11.8 Å². The number of anilines is 1. The molecule has 0 aliphatic carbocycles. The Bertz CT molecular complexity index is 973. The lowest BCUT2D eigenvalue weighted by Gasteiger charge is -2.20. The highest BCUT2D eigenvalue weighted by molar-refractivity contribution is 7.89. The quantitative estimate of drug-likeness (QED) is 0.697. The third-order valence-corrected chi connectivity index (χ3v) is 5.40. The molecular formula is C15H16ClF3N4O3S. The van der Waals surface area contributed by atoms with Crippen LogP contribution in [0.5, 0.6) is 0 Å². The van der Waals surface area contributed by atoms with Gasteiger partial charge in [-0.3, -0.25) is 4.79 Å². The van der Waals surface area contributed by atoms with Gasteiger partial charge in [-0.05, 0) is 19.1 Å². The number of hydrogen-bond acceptors (Lipinski definition) is 4. The van der Waals surface area contributed by atoms with Crippen molar-refractivity contribution >= 4 is 33.2 Å². The summed E-state index contributed by atoms with van der Waals surface area (Å²) in [6.45, 7) is 1.47. The molecule has 1 amide bonds. The molecule has 0 saturated heterocycles. The Morgan fingerprint density at radius 2 is 2.04 bits per heavy atom. The molecule has 0 saturated carbocycles. The maximum Gasteiger partial charge on any atom is 0.275 e. The second-order valence-corrected chi connectivity index (χ2v) is 7.96. The molecule has 0 radical (unpaired) electrons. The fourth-order valence-electron chi connectivity index (χ4n) is 2.09. The molecule has 27 heavy (non-hydrogen) atoms. The summed E-state index contributed by atoms with van der Waals surface area (Å²) in [5.74, 6) is -5.68. The number of carbonyl (C=O) groups is 1. The molecule has 0 unspecified atom stereocenters. The van der Waals surface area contributed by atoms with E-state index in [4.69, 9.17) is 11.6 Å². The van der Waals surface area contributed by atoms with Gasteiger partial charge in [-0.15, -0.1) is 0 Å². The minimum Gasteiger partial charge on any atom is -0.343 e. The molecule has 2 aromatic rings. The lowest BCUT2D eigenvalue weighted by Crippen LogP contribution is -2.43. The number of aryl methyl sites for hydroxylation is 1. The summed E-state index contributed by atoms with van der Waals surface area (Å²) in [7, 11) is -3.38. The summed E-state index contributed by atoms with van der Waals surface area (Å²) in [5, 5.41) is 2.44. The number of aromatic nitrogens is 2. The number of amides is 1. The normalized spacial score (nSPS) is 13.4. The van der Waals surface area contributed by atoms with E-state index in [9.17, 15) is 26.4 Å². The summed E-state index contributed by atoms with van der Waals surface area (Å²) < 4.78 is 68.3. The van der Waals surface area contributed by atoms with Crippen LogP contribution in [0.1, 0.15) is 24.3 Å². The molecule has 2 N–H and O–H groups in total. The van der Waals surface area contributed by atoms with Gasteiger partial charge in [0.05, 0.1) is 6.04 Å². The van der Waals surface area contributed by atoms with E-state index < -0.39 is 44.3 Å². The number of carbonyl (C=O) groups excluding carboxylic acids is 1. The van der Waals surface area contributed by atoms with E-state index in [1.165, 1.54) is 25.4 Å². The smallest absolute Gasteiger partial charge is 0.275 e. The largest absolute Gasteiger partial charge is 0.343 e. The first-order valence-corrected chi connectivity index (χ1v) is 9.37. The molecule has 0 bridgehead atoms. The van der Waals surface area contributed by atoms with Crippen LogP contribution in [0.3, 0.4) is 0 Å². The van der Waals surface area contributed by atoms with Gasteiger partial charge in [0, 0.05) is 32.1 Å². The standard InChI is InChI=1S/C15H16ClF3N4O3S/c1-8(15(2,18)19)22-27(25,26)10-7-23(3)13(12(10)17)14(24)21-9-4-5-20-11(16)6-9/h4-8,22H,1-3H3,(H,20,21,24)/t8-/m1/s1. The van der Waals surface area contributed by atoms with Crippen LogP contribution in [0.25, 0.3) is 0 Å². The van der Waals surface area contributed by atoms with Gasteiger partial charge in [0.15, 0.2) is 5.82 Å². The minimum absolute atomic E-state index is 0.0853. The van der Waals surface area contributed by atoms with Crippen molar-refractivity contribution in [3.05, 3.63) is 41.2 Å². The van der Waals surface area contributed by atoms with Crippen LogP contribution in [0.15, 0.2) is 29.4 Å². The van der Waals surface area contributed by atoms with Gasteiger partial charge in [-0.2, -0.15) is 0 Å². The van der Waals surface area contributed by atoms with E-state index in [0.717, 1.165) is 17.7 Å². The first-order valence-electron chi connectivity index (χ1n) is 7.51. The van der Waals surface area contributed by atoms with Crippen molar-refractivity contribution in [1.29, 1.82) is 0 Å². The Kier molecular flexibility index (Phi) is 5.88. The number of hydrogen-bond donors (Lipinski definition) is 2. The molecule has 1 atom stereocenters. The molecule has 0 aromatic carbocycles. The maximum absolute atomic E-state index is 14.6. The summed E-state index contributed by atoms with van der Waals surface area (Å²) >= 11 is 5.70. The van der Waals surface area contributed by atoms with E-state index in [-0.39, 0.29) is 10.8 Å². The maximum atomic E-state index is 14.6. The molecule has 0 aliphatic heterocycles. The van der Waals surface area contributed by atoms with Crippen molar-refractivity contribution in [2.75, 3.05) is 5.32 Å². The van der Waals surface area contributed by atoms with Crippen LogP contribution in [-0.2, 0) is 17.1 Å². The highest BCUT2D eigenvalue weighted by Gasteiger charge is 2.36. The average Bonchev–Trinajstić information content (AvgIpc) is 2.81. The third kappa shape index (κ3) is 4.79. The zero-order chi connectivity index (χ0) is 20.6. The van der Waals surface area contributed by atoms with Gasteiger partial charge < -0.3 is 9.88 Å². The summed E-state index contributed by atoms with van der Waals surface area (Å²) in [5.41, 5.74) is -0.387.